The number of hydrogen-bond acceptors (Lipinski definition) is 2. The minimum Gasteiger partial charge on any atom is -0.341 e. The summed E-state index contributed by atoms with van der Waals surface area (Å²) in [5.41, 5.74) is 6.73. The van der Waals surface area contributed by atoms with Crippen LogP contribution in [0, 0.1) is 5.82 Å². The second-order valence-electron chi connectivity index (χ2n) is 4.18. The summed E-state index contributed by atoms with van der Waals surface area (Å²) in [5, 5.41) is 0. The lowest BCUT2D eigenvalue weighted by atomic mass is 10.1. The summed E-state index contributed by atoms with van der Waals surface area (Å²) in [7, 11) is 0. The molecule has 0 saturated carbocycles. The van der Waals surface area contributed by atoms with Crippen molar-refractivity contribution in [2.24, 2.45) is 5.73 Å². The first-order valence-electron chi connectivity index (χ1n) is 5.43. The van der Waals surface area contributed by atoms with Gasteiger partial charge in [0.2, 0.25) is 5.91 Å². The fourth-order valence-corrected chi connectivity index (χ4v) is 1.93. The van der Waals surface area contributed by atoms with Gasteiger partial charge in [-0.1, -0.05) is 12.1 Å². The molecule has 1 aromatic rings. The van der Waals surface area contributed by atoms with Crippen LogP contribution in [0.5, 0.6) is 0 Å². The molecule has 1 saturated heterocycles. The second-order valence-corrected chi connectivity index (χ2v) is 4.18. The van der Waals surface area contributed by atoms with Gasteiger partial charge >= 0.3 is 0 Å². The van der Waals surface area contributed by atoms with Gasteiger partial charge in [0.05, 0.1) is 0 Å². The molecule has 0 aliphatic carbocycles. The number of carbonyl (C=O) groups is 1. The van der Waals surface area contributed by atoms with Gasteiger partial charge in [-0.2, -0.15) is 0 Å². The summed E-state index contributed by atoms with van der Waals surface area (Å²) in [4.78, 5) is 13.2. The molecule has 0 radical (unpaired) electrons. The van der Waals surface area contributed by atoms with Gasteiger partial charge in [0.15, 0.2) is 0 Å². The van der Waals surface area contributed by atoms with E-state index in [0.29, 0.717) is 19.5 Å². The highest BCUT2D eigenvalue weighted by Crippen LogP contribution is 2.11. The molecule has 4 heteroatoms. The Hall–Kier alpha value is -1.42. The van der Waals surface area contributed by atoms with Gasteiger partial charge in [-0.15, -0.1) is 0 Å². The number of carbonyl (C=O) groups excluding carboxylic acids is 1. The van der Waals surface area contributed by atoms with Crippen molar-refractivity contribution in [2.75, 3.05) is 13.1 Å². The molecule has 16 heavy (non-hydrogen) atoms. The smallest absolute Gasteiger partial charge is 0.224 e. The Morgan fingerprint density at radius 3 is 2.62 bits per heavy atom. The van der Waals surface area contributed by atoms with Crippen molar-refractivity contribution in [3.63, 3.8) is 0 Å². The third kappa shape index (κ3) is 2.58. The van der Waals surface area contributed by atoms with Crippen molar-refractivity contribution >= 4 is 5.91 Å². The summed E-state index contributed by atoms with van der Waals surface area (Å²) >= 11 is 0. The van der Waals surface area contributed by atoms with Crippen molar-refractivity contribution < 1.29 is 9.18 Å². The molecular formula is C12H15FN2O. The van der Waals surface area contributed by atoms with Gasteiger partial charge in [0, 0.05) is 25.6 Å². The summed E-state index contributed by atoms with van der Waals surface area (Å²) < 4.78 is 12.7. The highest BCUT2D eigenvalue weighted by atomic mass is 19.1. The maximum absolute atomic E-state index is 12.7. The van der Waals surface area contributed by atoms with Gasteiger partial charge in [-0.05, 0) is 24.1 Å². The van der Waals surface area contributed by atoms with Crippen LogP contribution in [0.1, 0.15) is 12.0 Å². The van der Waals surface area contributed by atoms with Crippen molar-refractivity contribution in [3.8, 4) is 0 Å². The molecule has 0 bridgehead atoms. The largest absolute Gasteiger partial charge is 0.341 e. The molecule has 3 nitrogen and oxygen atoms in total. The molecule has 1 aromatic carbocycles. The molecule has 0 unspecified atom stereocenters. The summed E-state index contributed by atoms with van der Waals surface area (Å²) in [5.74, 6) is -0.113. The van der Waals surface area contributed by atoms with Gasteiger partial charge in [0.25, 0.3) is 0 Å². The van der Waals surface area contributed by atoms with Gasteiger partial charge < -0.3 is 10.6 Å². The van der Waals surface area contributed by atoms with Crippen molar-refractivity contribution in [2.45, 2.75) is 18.9 Å². The van der Waals surface area contributed by atoms with Gasteiger partial charge in [-0.3, -0.25) is 4.79 Å². The van der Waals surface area contributed by atoms with Crippen LogP contribution in [0.4, 0.5) is 4.39 Å². The van der Waals surface area contributed by atoms with Crippen molar-refractivity contribution in [3.05, 3.63) is 35.6 Å². The molecule has 2 rings (SSSR count). The first-order chi connectivity index (χ1) is 7.65. The van der Waals surface area contributed by atoms with Crippen LogP contribution in [0.25, 0.3) is 0 Å². The third-order valence-corrected chi connectivity index (χ3v) is 2.83. The lowest BCUT2D eigenvalue weighted by Gasteiger charge is -2.15. The van der Waals surface area contributed by atoms with E-state index in [1.807, 2.05) is 0 Å². The molecule has 1 aliphatic rings. The molecule has 0 aromatic heterocycles. The van der Waals surface area contributed by atoms with Gasteiger partial charge in [0.1, 0.15) is 5.82 Å². The third-order valence-electron chi connectivity index (χ3n) is 2.83. The topological polar surface area (TPSA) is 46.3 Å². The van der Waals surface area contributed by atoms with E-state index < -0.39 is 0 Å². The predicted octanol–water partition coefficient (Wildman–Crippen LogP) is 0.928. The van der Waals surface area contributed by atoms with E-state index in [1.54, 1.807) is 17.0 Å². The average molecular weight is 222 g/mol. The molecule has 1 amide bonds. The monoisotopic (exact) mass is 222 g/mol. The van der Waals surface area contributed by atoms with Crippen LogP contribution < -0.4 is 5.73 Å². The molecule has 1 aliphatic heterocycles. The zero-order chi connectivity index (χ0) is 11.5. The second kappa shape index (κ2) is 4.61. The highest BCUT2D eigenvalue weighted by Gasteiger charge is 2.26. The minimum atomic E-state index is -0.233. The SMILES string of the molecule is N[C@@H]1CC(=O)N(CCc2ccc(F)cc2)C1. The summed E-state index contributed by atoms with van der Waals surface area (Å²) in [6, 6.07) is 6.34. The van der Waals surface area contributed by atoms with E-state index in [4.69, 9.17) is 5.73 Å². The number of benzene rings is 1. The highest BCUT2D eigenvalue weighted by molar-refractivity contribution is 5.79. The molecule has 0 spiro atoms. The standard InChI is InChI=1S/C12H15FN2O/c13-10-3-1-9(2-4-10)5-6-15-8-11(14)7-12(15)16/h1-4,11H,5-8,14H2/t11-/m1/s1. The maximum atomic E-state index is 12.7. The van der Waals surface area contributed by atoms with E-state index in [0.717, 1.165) is 12.0 Å². The van der Waals surface area contributed by atoms with Crippen LogP contribution in [-0.2, 0) is 11.2 Å². The Labute approximate surface area is 94.0 Å². The van der Waals surface area contributed by atoms with Crippen LogP contribution in [-0.4, -0.2) is 29.9 Å². The zero-order valence-electron chi connectivity index (χ0n) is 9.03. The van der Waals surface area contributed by atoms with Gasteiger partial charge in [-0.25, -0.2) is 4.39 Å². The number of likely N-dealkylation sites (tertiary alicyclic amines) is 1. The number of nitrogens with two attached hydrogens (primary N) is 1. The number of hydrogen-bond donors (Lipinski definition) is 1. The van der Waals surface area contributed by atoms with Crippen molar-refractivity contribution in [1.82, 2.24) is 4.90 Å². The molecule has 1 atom stereocenters. The number of rotatable bonds is 3. The Morgan fingerprint density at radius 2 is 2.06 bits per heavy atom. The van der Waals surface area contributed by atoms with E-state index in [9.17, 15) is 9.18 Å². The van der Waals surface area contributed by atoms with Crippen LogP contribution >= 0.6 is 0 Å². The molecular weight excluding hydrogens is 207 g/mol. The van der Waals surface area contributed by atoms with Crippen LogP contribution in [0.2, 0.25) is 0 Å². The normalized spacial score (nSPS) is 20.5. The molecule has 86 valence electrons. The number of amides is 1. The van der Waals surface area contributed by atoms with E-state index >= 15 is 0 Å². The van der Waals surface area contributed by atoms with Crippen LogP contribution in [0.3, 0.4) is 0 Å². The van der Waals surface area contributed by atoms with E-state index in [2.05, 4.69) is 0 Å². The Balaban J connectivity index is 1.88. The zero-order valence-corrected chi connectivity index (χ0v) is 9.03. The first kappa shape index (κ1) is 11.1. The van der Waals surface area contributed by atoms with E-state index in [1.165, 1.54) is 12.1 Å². The first-order valence-corrected chi connectivity index (χ1v) is 5.43. The number of halogens is 1. The Bertz CT molecular complexity index is 377. The van der Waals surface area contributed by atoms with Crippen LogP contribution in [0.15, 0.2) is 24.3 Å². The fraction of sp³-hybridized carbons (Fsp3) is 0.417. The molecule has 2 N–H and O–H groups in total. The quantitative estimate of drug-likeness (QED) is 0.827. The lowest BCUT2D eigenvalue weighted by Crippen LogP contribution is -2.30. The Morgan fingerprint density at radius 1 is 1.38 bits per heavy atom. The Kier molecular flexibility index (Phi) is 3.19. The van der Waals surface area contributed by atoms with Crippen molar-refractivity contribution in [1.29, 1.82) is 0 Å². The maximum Gasteiger partial charge on any atom is 0.224 e. The predicted molar refractivity (Wildman–Crippen MR) is 59.3 cm³/mol. The summed E-state index contributed by atoms with van der Waals surface area (Å²) in [6.07, 6.45) is 1.20. The minimum absolute atomic E-state index is 0.0271. The fourth-order valence-electron chi connectivity index (χ4n) is 1.93. The molecule has 1 fully saturated rings. The molecule has 1 heterocycles. The summed E-state index contributed by atoms with van der Waals surface area (Å²) in [6.45, 7) is 1.30. The average Bonchev–Trinajstić information content (AvgIpc) is 2.57. The number of nitrogens with zero attached hydrogens (tertiary/aromatic N) is 1. The lowest BCUT2D eigenvalue weighted by molar-refractivity contribution is -0.127. The van der Waals surface area contributed by atoms with E-state index in [-0.39, 0.29) is 17.8 Å².